The van der Waals surface area contributed by atoms with E-state index in [4.69, 9.17) is 5.73 Å². The molecule has 3 heteroatoms. The summed E-state index contributed by atoms with van der Waals surface area (Å²) < 4.78 is 0. The summed E-state index contributed by atoms with van der Waals surface area (Å²) in [6, 6.07) is 0. The smallest absolute Gasteiger partial charge is 0.180 e. The maximum atomic E-state index is 5.84. The number of thiazole rings is 1. The van der Waals surface area contributed by atoms with Crippen LogP contribution in [-0.2, 0) is 5.41 Å². The maximum absolute atomic E-state index is 5.84. The zero-order valence-electron chi connectivity index (χ0n) is 10.4. The van der Waals surface area contributed by atoms with Crippen LogP contribution in [0.2, 0.25) is 0 Å². The van der Waals surface area contributed by atoms with E-state index >= 15 is 0 Å². The molecule has 17 heavy (non-hydrogen) atoms. The zero-order chi connectivity index (χ0) is 11.7. The molecule has 2 atom stereocenters. The minimum atomic E-state index is 0.396. The number of nitrogens with two attached hydrogens (primary N) is 1. The highest BCUT2D eigenvalue weighted by atomic mass is 32.1. The number of anilines is 1. The van der Waals surface area contributed by atoms with Crippen molar-refractivity contribution in [3.63, 3.8) is 0 Å². The lowest BCUT2D eigenvalue weighted by Gasteiger charge is -2.61. The van der Waals surface area contributed by atoms with Gasteiger partial charge < -0.3 is 5.73 Å². The summed E-state index contributed by atoms with van der Waals surface area (Å²) in [6.07, 6.45) is 8.52. The van der Waals surface area contributed by atoms with Crippen LogP contribution in [-0.4, -0.2) is 4.98 Å². The van der Waals surface area contributed by atoms with Gasteiger partial charge in [0.1, 0.15) is 0 Å². The molecule has 4 bridgehead atoms. The Kier molecular flexibility index (Phi) is 1.86. The standard InChI is InChI=1S/C14H20N2S/c1-13-3-9-2-10(4-13)6-14(5-9,8-13)11-7-17-12(15)16-11/h7,9-10H,2-6,8H2,1H3,(H2,15,16). The minimum absolute atomic E-state index is 0.396. The molecule has 0 aliphatic heterocycles. The lowest BCUT2D eigenvalue weighted by Crippen LogP contribution is -2.53. The van der Waals surface area contributed by atoms with Gasteiger partial charge in [-0.25, -0.2) is 4.98 Å². The molecule has 1 aromatic rings. The van der Waals surface area contributed by atoms with Crippen LogP contribution in [0.3, 0.4) is 0 Å². The van der Waals surface area contributed by atoms with Crippen LogP contribution in [0.15, 0.2) is 5.38 Å². The van der Waals surface area contributed by atoms with E-state index < -0.39 is 0 Å². The molecule has 1 heterocycles. The highest BCUT2D eigenvalue weighted by Gasteiger charge is 2.57. The number of hydrogen-bond acceptors (Lipinski definition) is 3. The predicted molar refractivity (Wildman–Crippen MR) is 71.0 cm³/mol. The first-order chi connectivity index (χ1) is 8.07. The van der Waals surface area contributed by atoms with Crippen LogP contribution in [0, 0.1) is 17.3 Å². The van der Waals surface area contributed by atoms with Crippen molar-refractivity contribution in [1.82, 2.24) is 4.98 Å². The van der Waals surface area contributed by atoms with Gasteiger partial charge in [0, 0.05) is 10.8 Å². The van der Waals surface area contributed by atoms with Gasteiger partial charge in [-0.3, -0.25) is 0 Å². The second-order valence-electron chi connectivity index (χ2n) is 7.12. The van der Waals surface area contributed by atoms with Crippen LogP contribution in [0.4, 0.5) is 5.13 Å². The van der Waals surface area contributed by atoms with Crippen molar-refractivity contribution < 1.29 is 0 Å². The predicted octanol–water partition coefficient (Wildman–Crippen LogP) is 3.58. The van der Waals surface area contributed by atoms with Gasteiger partial charge in [0.05, 0.1) is 5.69 Å². The van der Waals surface area contributed by atoms with E-state index in [9.17, 15) is 0 Å². The normalized spacial score (nSPS) is 47.6. The van der Waals surface area contributed by atoms with E-state index in [0.717, 1.165) is 17.0 Å². The molecular weight excluding hydrogens is 228 g/mol. The molecule has 0 aromatic carbocycles. The Hall–Kier alpha value is -0.570. The van der Waals surface area contributed by atoms with Gasteiger partial charge in [-0.15, -0.1) is 11.3 Å². The first-order valence-corrected chi connectivity index (χ1v) is 7.66. The molecule has 4 aliphatic rings. The molecular formula is C14H20N2S. The lowest BCUT2D eigenvalue weighted by atomic mass is 9.44. The summed E-state index contributed by atoms with van der Waals surface area (Å²) in [7, 11) is 0. The van der Waals surface area contributed by atoms with Gasteiger partial charge in [0.2, 0.25) is 0 Å². The Labute approximate surface area is 107 Å². The highest BCUT2D eigenvalue weighted by Crippen LogP contribution is 2.65. The fourth-order valence-electron chi connectivity index (χ4n) is 5.55. The molecule has 2 N–H and O–H groups in total. The largest absolute Gasteiger partial charge is 0.375 e. The maximum Gasteiger partial charge on any atom is 0.180 e. The molecule has 0 saturated heterocycles. The second-order valence-corrected chi connectivity index (χ2v) is 8.01. The molecule has 5 rings (SSSR count). The Morgan fingerprint density at radius 2 is 2.00 bits per heavy atom. The summed E-state index contributed by atoms with van der Waals surface area (Å²) in [6.45, 7) is 2.51. The topological polar surface area (TPSA) is 38.9 Å². The molecule has 0 spiro atoms. The van der Waals surface area contributed by atoms with Crippen LogP contribution in [0.1, 0.15) is 51.1 Å². The van der Waals surface area contributed by atoms with Crippen molar-refractivity contribution in [2.24, 2.45) is 17.3 Å². The third-order valence-corrected chi connectivity index (χ3v) is 6.09. The Balaban J connectivity index is 1.79. The first kappa shape index (κ1) is 10.4. The summed E-state index contributed by atoms with van der Waals surface area (Å²) in [5.41, 5.74) is 8.15. The SMILES string of the molecule is CC12CC3CC(C1)CC(c1csc(N)n1)(C3)C2. The molecule has 4 aliphatic carbocycles. The van der Waals surface area contributed by atoms with E-state index in [1.807, 2.05) is 0 Å². The second kappa shape index (κ2) is 3.05. The average molecular weight is 248 g/mol. The highest BCUT2D eigenvalue weighted by molar-refractivity contribution is 7.13. The Morgan fingerprint density at radius 1 is 1.29 bits per heavy atom. The monoisotopic (exact) mass is 248 g/mol. The van der Waals surface area contributed by atoms with Gasteiger partial charge in [-0.05, 0) is 55.8 Å². The molecule has 92 valence electrons. The molecule has 0 amide bonds. The quantitative estimate of drug-likeness (QED) is 0.825. The summed E-state index contributed by atoms with van der Waals surface area (Å²) in [5, 5.41) is 2.98. The van der Waals surface area contributed by atoms with Crippen molar-refractivity contribution in [3.05, 3.63) is 11.1 Å². The van der Waals surface area contributed by atoms with E-state index in [-0.39, 0.29) is 0 Å². The summed E-state index contributed by atoms with van der Waals surface area (Å²) >= 11 is 1.62. The van der Waals surface area contributed by atoms with Gasteiger partial charge in [0.15, 0.2) is 5.13 Å². The van der Waals surface area contributed by atoms with E-state index in [1.165, 1.54) is 44.2 Å². The van der Waals surface area contributed by atoms with Crippen molar-refractivity contribution in [2.75, 3.05) is 5.73 Å². The molecule has 4 fully saturated rings. The van der Waals surface area contributed by atoms with Crippen LogP contribution >= 0.6 is 11.3 Å². The number of nitrogen functional groups attached to an aromatic ring is 1. The number of rotatable bonds is 1. The van der Waals surface area contributed by atoms with Crippen LogP contribution < -0.4 is 5.73 Å². The molecule has 2 nitrogen and oxygen atoms in total. The summed E-state index contributed by atoms with van der Waals surface area (Å²) in [5.74, 6) is 1.92. The third kappa shape index (κ3) is 1.41. The average Bonchev–Trinajstić information content (AvgIpc) is 2.61. The molecule has 0 radical (unpaired) electrons. The van der Waals surface area contributed by atoms with Crippen molar-refractivity contribution in [1.29, 1.82) is 0 Å². The Morgan fingerprint density at radius 3 is 2.53 bits per heavy atom. The summed E-state index contributed by atoms with van der Waals surface area (Å²) in [4.78, 5) is 4.63. The van der Waals surface area contributed by atoms with Gasteiger partial charge in [0.25, 0.3) is 0 Å². The van der Waals surface area contributed by atoms with Gasteiger partial charge in [-0.2, -0.15) is 0 Å². The zero-order valence-corrected chi connectivity index (χ0v) is 11.2. The minimum Gasteiger partial charge on any atom is -0.375 e. The van der Waals surface area contributed by atoms with Crippen LogP contribution in [0.5, 0.6) is 0 Å². The Bertz CT molecular complexity index is 451. The fourth-order valence-corrected chi connectivity index (χ4v) is 6.24. The molecule has 1 aromatic heterocycles. The van der Waals surface area contributed by atoms with Gasteiger partial charge >= 0.3 is 0 Å². The van der Waals surface area contributed by atoms with Crippen LogP contribution in [0.25, 0.3) is 0 Å². The van der Waals surface area contributed by atoms with E-state index in [1.54, 1.807) is 11.3 Å². The third-order valence-electron chi connectivity index (χ3n) is 5.42. The van der Waals surface area contributed by atoms with Crippen molar-refractivity contribution in [2.45, 2.75) is 50.9 Å². The van der Waals surface area contributed by atoms with Crippen molar-refractivity contribution >= 4 is 16.5 Å². The number of aromatic nitrogens is 1. The van der Waals surface area contributed by atoms with E-state index in [0.29, 0.717) is 10.8 Å². The number of nitrogens with zero attached hydrogens (tertiary/aromatic N) is 1. The van der Waals surface area contributed by atoms with Crippen molar-refractivity contribution in [3.8, 4) is 0 Å². The first-order valence-electron chi connectivity index (χ1n) is 6.79. The van der Waals surface area contributed by atoms with E-state index in [2.05, 4.69) is 17.3 Å². The number of hydrogen-bond donors (Lipinski definition) is 1. The fraction of sp³-hybridized carbons (Fsp3) is 0.786. The lowest BCUT2D eigenvalue weighted by molar-refractivity contribution is -0.0629. The molecule has 4 saturated carbocycles. The molecule has 2 unspecified atom stereocenters. The van der Waals surface area contributed by atoms with Gasteiger partial charge in [-0.1, -0.05) is 6.92 Å².